The van der Waals surface area contributed by atoms with E-state index in [0.717, 1.165) is 12.8 Å². The van der Waals surface area contributed by atoms with Crippen molar-refractivity contribution in [2.24, 2.45) is 4.99 Å². The molecule has 0 bridgehead atoms. The molecule has 0 aliphatic carbocycles. The van der Waals surface area contributed by atoms with Crippen LogP contribution >= 0.6 is 0 Å². The minimum Gasteiger partial charge on any atom is -0.450 e. The Hall–Kier alpha value is -2.04. The summed E-state index contributed by atoms with van der Waals surface area (Å²) in [7, 11) is 0. The molecule has 1 aliphatic rings. The largest absolute Gasteiger partial charge is 0.450 e. The summed E-state index contributed by atoms with van der Waals surface area (Å²) in [5.74, 6) is 0.488. The Morgan fingerprint density at radius 2 is 2.19 bits per heavy atom. The summed E-state index contributed by atoms with van der Waals surface area (Å²) in [6, 6.07) is 6.43. The average Bonchev–Trinajstić information content (AvgIpc) is 2.94. The Morgan fingerprint density at radius 3 is 2.86 bits per heavy atom. The zero-order valence-corrected chi connectivity index (χ0v) is 12.9. The quantitative estimate of drug-likeness (QED) is 0.895. The van der Waals surface area contributed by atoms with Crippen LogP contribution in [0.15, 0.2) is 23.2 Å². The van der Waals surface area contributed by atoms with Crippen molar-refractivity contribution in [2.75, 3.05) is 13.2 Å². The van der Waals surface area contributed by atoms with E-state index in [2.05, 4.69) is 47.7 Å². The van der Waals surface area contributed by atoms with Crippen LogP contribution in [0.2, 0.25) is 0 Å². The molecule has 0 fully saturated rings. The van der Waals surface area contributed by atoms with E-state index < -0.39 is 6.09 Å². The van der Waals surface area contributed by atoms with Crippen LogP contribution in [0.4, 0.5) is 4.79 Å². The first-order chi connectivity index (χ1) is 10.2. The van der Waals surface area contributed by atoms with Gasteiger partial charge in [-0.15, -0.1) is 0 Å². The number of nitrogens with one attached hydrogen (secondary N) is 2. The molecule has 2 rings (SSSR count). The van der Waals surface area contributed by atoms with Crippen molar-refractivity contribution in [1.29, 1.82) is 0 Å². The molecule has 0 saturated heterocycles. The van der Waals surface area contributed by atoms with Crippen LogP contribution in [-0.4, -0.2) is 25.2 Å². The van der Waals surface area contributed by atoms with Crippen LogP contribution in [0.25, 0.3) is 0 Å². The fraction of sp³-hybridized carbons (Fsp3) is 0.500. The number of aryl methyl sites for hydroxylation is 1. The Morgan fingerprint density at radius 1 is 1.38 bits per heavy atom. The second-order valence-electron chi connectivity index (χ2n) is 4.91. The van der Waals surface area contributed by atoms with E-state index in [1.54, 1.807) is 6.92 Å². The zero-order chi connectivity index (χ0) is 15.2. The Bertz CT molecular complexity index is 540. The van der Waals surface area contributed by atoms with Crippen molar-refractivity contribution in [1.82, 2.24) is 10.6 Å². The van der Waals surface area contributed by atoms with Crippen LogP contribution < -0.4 is 10.6 Å². The van der Waals surface area contributed by atoms with E-state index >= 15 is 0 Å². The monoisotopic (exact) mass is 289 g/mol. The normalized spacial score (nSPS) is 17.1. The fourth-order valence-electron chi connectivity index (χ4n) is 2.69. The first kappa shape index (κ1) is 15.4. The highest BCUT2D eigenvalue weighted by Crippen LogP contribution is 2.26. The van der Waals surface area contributed by atoms with Gasteiger partial charge >= 0.3 is 6.09 Å². The summed E-state index contributed by atoms with van der Waals surface area (Å²) in [6.07, 6.45) is 1.54. The van der Waals surface area contributed by atoms with Crippen LogP contribution in [0.5, 0.6) is 0 Å². The van der Waals surface area contributed by atoms with Crippen molar-refractivity contribution >= 4 is 12.1 Å². The number of guanidine groups is 1. The van der Waals surface area contributed by atoms with E-state index in [4.69, 9.17) is 4.74 Å². The highest BCUT2D eigenvalue weighted by Gasteiger charge is 2.22. The maximum Gasteiger partial charge on any atom is 0.413 e. The first-order valence-corrected chi connectivity index (χ1v) is 7.55. The summed E-state index contributed by atoms with van der Waals surface area (Å²) < 4.78 is 4.86. The molecule has 1 amide bonds. The van der Waals surface area contributed by atoms with Gasteiger partial charge < -0.3 is 10.1 Å². The first-order valence-electron chi connectivity index (χ1n) is 7.55. The SMILES string of the molecule is CCOC(=O)NC1=NC(c2cccc(CC)c2CC)CN1. The Kier molecular flexibility index (Phi) is 5.20. The number of ether oxygens (including phenoxy) is 1. The summed E-state index contributed by atoms with van der Waals surface area (Å²) in [6.45, 7) is 7.16. The second kappa shape index (κ2) is 7.11. The van der Waals surface area contributed by atoms with Gasteiger partial charge in [0.05, 0.1) is 12.6 Å². The smallest absolute Gasteiger partial charge is 0.413 e. The van der Waals surface area contributed by atoms with Gasteiger partial charge in [-0.2, -0.15) is 0 Å². The van der Waals surface area contributed by atoms with Gasteiger partial charge in [-0.3, -0.25) is 5.32 Å². The number of carbonyl (C=O) groups is 1. The van der Waals surface area contributed by atoms with Gasteiger partial charge in [0.25, 0.3) is 0 Å². The number of hydrogen-bond donors (Lipinski definition) is 2. The van der Waals surface area contributed by atoms with Crippen molar-refractivity contribution < 1.29 is 9.53 Å². The number of amides is 1. The number of hydrogen-bond acceptors (Lipinski definition) is 4. The number of carbonyl (C=O) groups excluding carboxylic acids is 1. The minimum absolute atomic E-state index is 0.0448. The van der Waals surface area contributed by atoms with Crippen molar-refractivity contribution in [3.05, 3.63) is 34.9 Å². The number of alkyl carbamates (subject to hydrolysis) is 1. The number of rotatable bonds is 4. The van der Waals surface area contributed by atoms with Gasteiger partial charge in [0.2, 0.25) is 5.96 Å². The lowest BCUT2D eigenvalue weighted by Gasteiger charge is -2.15. The molecule has 0 spiro atoms. The van der Waals surface area contributed by atoms with Crippen molar-refractivity contribution in [3.63, 3.8) is 0 Å². The Labute approximate surface area is 125 Å². The summed E-state index contributed by atoms with van der Waals surface area (Å²) in [4.78, 5) is 16.0. The van der Waals surface area contributed by atoms with Gasteiger partial charge in [-0.1, -0.05) is 32.0 Å². The van der Waals surface area contributed by atoms with Crippen molar-refractivity contribution in [3.8, 4) is 0 Å². The molecule has 2 N–H and O–H groups in total. The van der Waals surface area contributed by atoms with E-state index in [1.165, 1.54) is 16.7 Å². The molecule has 114 valence electrons. The van der Waals surface area contributed by atoms with E-state index in [0.29, 0.717) is 19.1 Å². The second-order valence-corrected chi connectivity index (χ2v) is 4.91. The zero-order valence-electron chi connectivity index (χ0n) is 12.9. The molecule has 1 aliphatic heterocycles. The average molecular weight is 289 g/mol. The number of nitrogens with zero attached hydrogens (tertiary/aromatic N) is 1. The molecule has 0 saturated carbocycles. The predicted molar refractivity (Wildman–Crippen MR) is 83.5 cm³/mol. The maximum absolute atomic E-state index is 11.4. The minimum atomic E-state index is -0.470. The van der Waals surface area contributed by atoms with E-state index in [-0.39, 0.29) is 6.04 Å². The highest BCUT2D eigenvalue weighted by molar-refractivity contribution is 5.94. The fourth-order valence-corrected chi connectivity index (χ4v) is 2.69. The summed E-state index contributed by atoms with van der Waals surface area (Å²) in [5.41, 5.74) is 3.98. The van der Waals surface area contributed by atoms with Gasteiger partial charge in [0.15, 0.2) is 0 Å². The lowest BCUT2D eigenvalue weighted by Crippen LogP contribution is -2.38. The van der Waals surface area contributed by atoms with Crippen LogP contribution in [0.3, 0.4) is 0 Å². The topological polar surface area (TPSA) is 62.7 Å². The Balaban J connectivity index is 2.17. The third kappa shape index (κ3) is 3.54. The molecule has 0 aromatic heterocycles. The van der Waals surface area contributed by atoms with E-state index in [1.807, 2.05) is 0 Å². The lowest BCUT2D eigenvalue weighted by molar-refractivity contribution is 0.157. The molecular formula is C16H23N3O2. The third-order valence-corrected chi connectivity index (χ3v) is 3.65. The molecule has 1 aromatic rings. The van der Waals surface area contributed by atoms with Crippen LogP contribution in [0, 0.1) is 0 Å². The van der Waals surface area contributed by atoms with Crippen molar-refractivity contribution in [2.45, 2.75) is 39.7 Å². The molecular weight excluding hydrogens is 266 g/mol. The van der Waals surface area contributed by atoms with Crippen LogP contribution in [0.1, 0.15) is 43.5 Å². The number of aliphatic imine (C=N–C) groups is 1. The van der Waals surface area contributed by atoms with Crippen LogP contribution in [-0.2, 0) is 17.6 Å². The third-order valence-electron chi connectivity index (χ3n) is 3.65. The molecule has 1 heterocycles. The maximum atomic E-state index is 11.4. The molecule has 21 heavy (non-hydrogen) atoms. The molecule has 1 unspecified atom stereocenters. The number of benzene rings is 1. The summed E-state index contributed by atoms with van der Waals surface area (Å²) in [5, 5.41) is 5.74. The molecule has 5 heteroatoms. The molecule has 1 aromatic carbocycles. The van der Waals surface area contributed by atoms with Gasteiger partial charge in [-0.05, 0) is 36.5 Å². The molecule has 1 atom stereocenters. The lowest BCUT2D eigenvalue weighted by atomic mass is 9.93. The predicted octanol–water partition coefficient (Wildman–Crippen LogP) is 2.56. The van der Waals surface area contributed by atoms with E-state index in [9.17, 15) is 4.79 Å². The molecule has 0 radical (unpaired) electrons. The van der Waals surface area contributed by atoms with Gasteiger partial charge in [0, 0.05) is 6.54 Å². The molecule has 5 nitrogen and oxygen atoms in total. The highest BCUT2D eigenvalue weighted by atomic mass is 16.5. The van der Waals surface area contributed by atoms with Gasteiger partial charge in [0.1, 0.15) is 0 Å². The summed E-state index contributed by atoms with van der Waals surface area (Å²) >= 11 is 0. The van der Waals surface area contributed by atoms with Gasteiger partial charge in [-0.25, -0.2) is 9.79 Å². The standard InChI is InChI=1S/C16H23N3O2/c1-4-11-8-7-9-13(12(11)5-2)14-10-17-15(18-14)19-16(20)21-6-3/h7-9,14H,4-6,10H2,1-3H3,(H2,17,18,19,20).